The number of rotatable bonds is 4. The lowest BCUT2D eigenvalue weighted by molar-refractivity contribution is 0.581. The zero-order valence-corrected chi connectivity index (χ0v) is 12.9. The fraction of sp³-hybridized carbons (Fsp3) is 0.133. The van der Waals surface area contributed by atoms with Gasteiger partial charge in [-0.3, -0.25) is 0 Å². The summed E-state index contributed by atoms with van der Waals surface area (Å²) in [7, 11) is -3.74. The highest BCUT2D eigenvalue weighted by Crippen LogP contribution is 2.19. The highest BCUT2D eigenvalue weighted by Gasteiger charge is 2.19. The molecule has 0 spiro atoms. The van der Waals surface area contributed by atoms with Crippen LogP contribution < -0.4 is 4.72 Å². The zero-order valence-electron chi connectivity index (χ0n) is 11.3. The van der Waals surface area contributed by atoms with Crippen molar-refractivity contribution >= 4 is 21.6 Å². The molecule has 0 amide bonds. The monoisotopic (exact) mass is 320 g/mol. The Morgan fingerprint density at radius 2 is 1.86 bits per heavy atom. The molecule has 0 aliphatic heterocycles. The van der Waals surface area contributed by atoms with E-state index in [0.29, 0.717) is 10.6 Å². The third kappa shape index (κ3) is 3.61. The molecule has 21 heavy (non-hydrogen) atoms. The largest absolute Gasteiger partial charge is 0.242 e. The summed E-state index contributed by atoms with van der Waals surface area (Å²) in [6, 6.07) is 13.6. The van der Waals surface area contributed by atoms with Gasteiger partial charge in [0.1, 0.15) is 11.0 Å². The molecule has 0 unspecified atom stereocenters. The third-order valence-corrected chi connectivity index (χ3v) is 4.71. The first-order valence-corrected chi connectivity index (χ1v) is 8.04. The molecule has 6 heteroatoms. The van der Waals surface area contributed by atoms with E-state index in [-0.39, 0.29) is 17.0 Å². The molecule has 0 fully saturated rings. The van der Waals surface area contributed by atoms with Crippen molar-refractivity contribution in [2.24, 2.45) is 0 Å². The fourth-order valence-corrected chi connectivity index (χ4v) is 3.24. The molecule has 0 aromatic heterocycles. The van der Waals surface area contributed by atoms with Gasteiger partial charge in [0, 0.05) is 11.6 Å². The van der Waals surface area contributed by atoms with Crippen molar-refractivity contribution < 1.29 is 8.42 Å². The van der Waals surface area contributed by atoms with Crippen molar-refractivity contribution in [3.63, 3.8) is 0 Å². The summed E-state index contributed by atoms with van der Waals surface area (Å²) in [5, 5.41) is 9.71. The molecule has 0 radical (unpaired) electrons. The molecule has 2 aromatic carbocycles. The molecule has 0 heterocycles. The molecule has 0 bridgehead atoms. The van der Waals surface area contributed by atoms with Crippen LogP contribution in [0.25, 0.3) is 0 Å². The van der Waals surface area contributed by atoms with Gasteiger partial charge in [-0.2, -0.15) is 5.26 Å². The molecule has 2 aromatic rings. The number of hydrogen-bond donors (Lipinski definition) is 1. The Morgan fingerprint density at radius 3 is 2.48 bits per heavy atom. The van der Waals surface area contributed by atoms with Crippen LogP contribution in [0, 0.1) is 18.3 Å². The summed E-state index contributed by atoms with van der Waals surface area (Å²) < 4.78 is 27.1. The highest BCUT2D eigenvalue weighted by atomic mass is 35.5. The standard InChI is InChI=1S/C15H13ClN2O2S/c1-11-3-2-4-15(14(11)9-17)21(19,20)18-10-12-5-7-13(16)8-6-12/h2-8,18H,10H2,1H3. The van der Waals surface area contributed by atoms with Crippen LogP contribution in [0.5, 0.6) is 0 Å². The third-order valence-electron chi connectivity index (χ3n) is 3.02. The molecule has 0 aliphatic rings. The summed E-state index contributed by atoms with van der Waals surface area (Å²) in [6.07, 6.45) is 0. The predicted octanol–water partition coefficient (Wildman–Crippen LogP) is 3.00. The first-order chi connectivity index (χ1) is 9.94. The minimum atomic E-state index is -3.74. The number of hydrogen-bond acceptors (Lipinski definition) is 3. The summed E-state index contributed by atoms with van der Waals surface area (Å²) in [4.78, 5) is -0.000960. The van der Waals surface area contributed by atoms with E-state index in [1.165, 1.54) is 6.07 Å². The van der Waals surface area contributed by atoms with E-state index in [9.17, 15) is 8.42 Å². The SMILES string of the molecule is Cc1cccc(S(=O)(=O)NCc2ccc(Cl)cc2)c1C#N. The molecule has 2 rings (SSSR count). The van der Waals surface area contributed by atoms with E-state index < -0.39 is 10.0 Å². The molecule has 108 valence electrons. The Balaban J connectivity index is 2.25. The topological polar surface area (TPSA) is 70.0 Å². The van der Waals surface area contributed by atoms with Gasteiger partial charge in [0.2, 0.25) is 10.0 Å². The molecule has 0 aliphatic carbocycles. The zero-order chi connectivity index (χ0) is 15.5. The molecule has 4 nitrogen and oxygen atoms in total. The van der Waals surface area contributed by atoms with Crippen molar-refractivity contribution in [2.75, 3.05) is 0 Å². The summed E-state index contributed by atoms with van der Waals surface area (Å²) in [6.45, 7) is 1.84. The Morgan fingerprint density at radius 1 is 1.19 bits per heavy atom. The van der Waals surface area contributed by atoms with Crippen LogP contribution in [0.1, 0.15) is 16.7 Å². The van der Waals surface area contributed by atoms with Crippen LogP contribution in [-0.2, 0) is 16.6 Å². The van der Waals surface area contributed by atoms with Crippen molar-refractivity contribution in [3.8, 4) is 6.07 Å². The predicted molar refractivity (Wildman–Crippen MR) is 81.4 cm³/mol. The number of nitrogens with zero attached hydrogens (tertiary/aromatic N) is 1. The van der Waals surface area contributed by atoms with Crippen LogP contribution in [-0.4, -0.2) is 8.42 Å². The molecule has 1 N–H and O–H groups in total. The van der Waals surface area contributed by atoms with E-state index in [4.69, 9.17) is 16.9 Å². The lowest BCUT2D eigenvalue weighted by Crippen LogP contribution is -2.24. The van der Waals surface area contributed by atoms with Crippen LogP contribution in [0.3, 0.4) is 0 Å². The van der Waals surface area contributed by atoms with E-state index >= 15 is 0 Å². The number of benzene rings is 2. The van der Waals surface area contributed by atoms with Gasteiger partial charge in [-0.05, 0) is 36.2 Å². The number of nitrogens with one attached hydrogen (secondary N) is 1. The van der Waals surface area contributed by atoms with Gasteiger partial charge in [0.05, 0.1) is 5.56 Å². The average molecular weight is 321 g/mol. The second-order valence-corrected chi connectivity index (χ2v) is 6.68. The number of nitriles is 1. The maximum Gasteiger partial charge on any atom is 0.242 e. The second-order valence-electron chi connectivity index (χ2n) is 4.51. The quantitative estimate of drug-likeness (QED) is 0.941. The van der Waals surface area contributed by atoms with Crippen molar-refractivity contribution in [3.05, 3.63) is 64.2 Å². The van der Waals surface area contributed by atoms with Gasteiger partial charge >= 0.3 is 0 Å². The maximum absolute atomic E-state index is 12.3. The van der Waals surface area contributed by atoms with Gasteiger partial charge in [-0.25, -0.2) is 13.1 Å². The van der Waals surface area contributed by atoms with E-state index in [1.807, 2.05) is 6.07 Å². The Hall–Kier alpha value is -1.87. The van der Waals surface area contributed by atoms with Crippen molar-refractivity contribution in [1.82, 2.24) is 4.72 Å². The van der Waals surface area contributed by atoms with E-state index in [0.717, 1.165) is 5.56 Å². The molecule has 0 saturated carbocycles. The number of aryl methyl sites for hydroxylation is 1. The van der Waals surface area contributed by atoms with Crippen molar-refractivity contribution in [2.45, 2.75) is 18.4 Å². The molecule has 0 saturated heterocycles. The smallest absolute Gasteiger partial charge is 0.207 e. The number of halogens is 1. The Kier molecular flexibility index (Phi) is 4.63. The highest BCUT2D eigenvalue weighted by molar-refractivity contribution is 7.89. The summed E-state index contributed by atoms with van der Waals surface area (Å²) in [5.74, 6) is 0. The first kappa shape index (κ1) is 15.5. The van der Waals surface area contributed by atoms with Gasteiger partial charge in [0.15, 0.2) is 0 Å². The second kappa shape index (κ2) is 6.27. The van der Waals surface area contributed by atoms with Gasteiger partial charge < -0.3 is 0 Å². The fourth-order valence-electron chi connectivity index (χ4n) is 1.87. The summed E-state index contributed by atoms with van der Waals surface area (Å²) in [5.41, 5.74) is 1.59. The lowest BCUT2D eigenvalue weighted by atomic mass is 10.1. The average Bonchev–Trinajstić information content (AvgIpc) is 2.46. The normalized spacial score (nSPS) is 11.1. The summed E-state index contributed by atoms with van der Waals surface area (Å²) >= 11 is 5.78. The van der Waals surface area contributed by atoms with Crippen LogP contribution in [0.4, 0.5) is 0 Å². The minimum absolute atomic E-state index is 0.000960. The first-order valence-electron chi connectivity index (χ1n) is 6.18. The van der Waals surface area contributed by atoms with Gasteiger partial charge in [0.25, 0.3) is 0 Å². The lowest BCUT2D eigenvalue weighted by Gasteiger charge is -2.09. The molecule has 0 atom stereocenters. The van der Waals surface area contributed by atoms with Crippen molar-refractivity contribution in [1.29, 1.82) is 5.26 Å². The van der Waals surface area contributed by atoms with Crippen LogP contribution >= 0.6 is 11.6 Å². The van der Waals surface area contributed by atoms with Crippen LogP contribution in [0.15, 0.2) is 47.4 Å². The Bertz CT molecular complexity index is 793. The molecular weight excluding hydrogens is 308 g/mol. The van der Waals surface area contributed by atoms with E-state index in [1.54, 1.807) is 43.3 Å². The molecular formula is C15H13ClN2O2S. The minimum Gasteiger partial charge on any atom is -0.207 e. The van der Waals surface area contributed by atoms with E-state index in [2.05, 4.69) is 4.72 Å². The maximum atomic E-state index is 12.3. The van der Waals surface area contributed by atoms with Gasteiger partial charge in [-0.15, -0.1) is 0 Å². The Labute approximate surface area is 129 Å². The van der Waals surface area contributed by atoms with Crippen LogP contribution in [0.2, 0.25) is 5.02 Å². The van der Waals surface area contributed by atoms with Gasteiger partial charge in [-0.1, -0.05) is 35.9 Å². The number of sulfonamides is 1.